The number of rotatable bonds is 3. The molecule has 2 saturated heterocycles. The molecule has 2 aliphatic rings. The molecule has 0 spiro atoms. The van der Waals surface area contributed by atoms with Crippen LogP contribution in [-0.2, 0) is 14.8 Å². The summed E-state index contributed by atoms with van der Waals surface area (Å²) < 4.78 is 37.6. The predicted molar refractivity (Wildman–Crippen MR) is 90.7 cm³/mol. The molecule has 2 aliphatic heterocycles. The van der Waals surface area contributed by atoms with Gasteiger partial charge in [0.1, 0.15) is 11.3 Å². The van der Waals surface area contributed by atoms with Crippen molar-refractivity contribution in [3.8, 4) is 0 Å². The second-order valence-electron chi connectivity index (χ2n) is 7.17. The van der Waals surface area contributed by atoms with Crippen LogP contribution in [0.2, 0.25) is 0 Å². The normalized spacial score (nSPS) is 26.7. The van der Waals surface area contributed by atoms with E-state index in [0.29, 0.717) is 36.7 Å². The number of likely N-dealkylation sites (tertiary alicyclic amines) is 1. The Morgan fingerprint density at radius 2 is 2.04 bits per heavy atom. The molecule has 0 bridgehead atoms. The number of hydrogen-bond acceptors (Lipinski definition) is 6. The van der Waals surface area contributed by atoms with Crippen molar-refractivity contribution in [1.82, 2.24) is 14.4 Å². The number of aromatic nitrogens is 1. The third-order valence-electron chi connectivity index (χ3n) is 4.72. The fraction of sp³-hybridized carbons (Fsp3) is 0.750. The van der Waals surface area contributed by atoms with Crippen LogP contribution in [0.15, 0.2) is 4.52 Å². The van der Waals surface area contributed by atoms with E-state index in [0.717, 1.165) is 0 Å². The number of sulfonamides is 1. The van der Waals surface area contributed by atoms with Gasteiger partial charge < -0.3 is 14.2 Å². The van der Waals surface area contributed by atoms with Gasteiger partial charge in [-0.2, -0.15) is 4.31 Å². The summed E-state index contributed by atoms with van der Waals surface area (Å²) in [6.45, 7) is 8.68. The van der Waals surface area contributed by atoms with Crippen molar-refractivity contribution >= 4 is 15.9 Å². The topological polar surface area (TPSA) is 93.0 Å². The lowest BCUT2D eigenvalue weighted by atomic mass is 10.1. The summed E-state index contributed by atoms with van der Waals surface area (Å²) in [4.78, 5) is 14.5. The van der Waals surface area contributed by atoms with Gasteiger partial charge in [0.05, 0.1) is 30.2 Å². The van der Waals surface area contributed by atoms with Gasteiger partial charge in [0.2, 0.25) is 10.0 Å². The van der Waals surface area contributed by atoms with Gasteiger partial charge in [0, 0.05) is 19.6 Å². The largest absolute Gasteiger partial charge is 0.374 e. The zero-order valence-corrected chi connectivity index (χ0v) is 15.9. The van der Waals surface area contributed by atoms with Gasteiger partial charge in [0.25, 0.3) is 5.91 Å². The van der Waals surface area contributed by atoms with Gasteiger partial charge >= 0.3 is 0 Å². The average molecular weight is 371 g/mol. The summed E-state index contributed by atoms with van der Waals surface area (Å²) >= 11 is 0. The lowest BCUT2D eigenvalue weighted by molar-refractivity contribution is 0.0441. The number of aryl methyl sites for hydroxylation is 2. The summed E-state index contributed by atoms with van der Waals surface area (Å²) in [5.41, 5.74) is 0.997. The molecule has 3 heterocycles. The van der Waals surface area contributed by atoms with E-state index in [9.17, 15) is 13.2 Å². The highest BCUT2D eigenvalue weighted by Gasteiger charge is 2.46. The molecular formula is C16H25N3O5S. The third kappa shape index (κ3) is 3.45. The van der Waals surface area contributed by atoms with Crippen molar-refractivity contribution in [2.45, 2.75) is 39.8 Å². The van der Waals surface area contributed by atoms with Gasteiger partial charge in [-0.15, -0.1) is 0 Å². The number of hydrogen-bond donors (Lipinski definition) is 0. The number of ether oxygens (including phenoxy) is 1. The van der Waals surface area contributed by atoms with E-state index >= 15 is 0 Å². The summed E-state index contributed by atoms with van der Waals surface area (Å²) in [5, 5.41) is 3.83. The van der Waals surface area contributed by atoms with E-state index in [1.165, 1.54) is 4.31 Å². The van der Waals surface area contributed by atoms with E-state index in [4.69, 9.17) is 9.26 Å². The van der Waals surface area contributed by atoms with Crippen LogP contribution in [-0.4, -0.2) is 72.8 Å². The summed E-state index contributed by atoms with van der Waals surface area (Å²) in [7, 11) is -3.39. The number of fused-ring (bicyclic) bond motifs is 1. The van der Waals surface area contributed by atoms with Crippen LogP contribution < -0.4 is 0 Å². The highest BCUT2D eigenvalue weighted by molar-refractivity contribution is 7.89. The van der Waals surface area contributed by atoms with Crippen LogP contribution in [0.5, 0.6) is 0 Å². The fourth-order valence-electron chi connectivity index (χ4n) is 3.55. The molecule has 1 amide bonds. The van der Waals surface area contributed by atoms with Crippen molar-refractivity contribution in [3.63, 3.8) is 0 Å². The lowest BCUT2D eigenvalue weighted by Crippen LogP contribution is -2.47. The Balaban J connectivity index is 1.86. The van der Waals surface area contributed by atoms with Crippen LogP contribution >= 0.6 is 0 Å². The second-order valence-corrected chi connectivity index (χ2v) is 9.21. The van der Waals surface area contributed by atoms with Crippen molar-refractivity contribution in [1.29, 1.82) is 0 Å². The molecule has 0 unspecified atom stereocenters. The molecular weight excluding hydrogens is 346 g/mol. The molecule has 1 aromatic heterocycles. The first kappa shape index (κ1) is 18.3. The molecule has 1 aromatic rings. The molecule has 2 fully saturated rings. The third-order valence-corrected chi connectivity index (χ3v) is 6.53. The number of amides is 1. The van der Waals surface area contributed by atoms with Crippen molar-refractivity contribution in [2.24, 2.45) is 5.92 Å². The first-order valence-corrected chi connectivity index (χ1v) is 10.1. The van der Waals surface area contributed by atoms with E-state index < -0.39 is 10.0 Å². The number of carbonyl (C=O) groups excluding carboxylic acids is 1. The first-order valence-electron chi connectivity index (χ1n) is 8.54. The quantitative estimate of drug-likeness (QED) is 0.780. The van der Waals surface area contributed by atoms with Gasteiger partial charge in [-0.05, 0) is 19.8 Å². The minimum absolute atomic E-state index is 0.00939. The monoisotopic (exact) mass is 371 g/mol. The van der Waals surface area contributed by atoms with Crippen LogP contribution in [0.25, 0.3) is 0 Å². The Morgan fingerprint density at radius 1 is 1.32 bits per heavy atom. The summed E-state index contributed by atoms with van der Waals surface area (Å²) in [6, 6.07) is -0.348. The molecule has 3 rings (SSSR count). The van der Waals surface area contributed by atoms with Gasteiger partial charge in [-0.25, -0.2) is 8.42 Å². The minimum Gasteiger partial charge on any atom is -0.374 e. The second kappa shape index (κ2) is 6.69. The van der Waals surface area contributed by atoms with Crippen LogP contribution in [0.1, 0.15) is 35.7 Å². The molecule has 0 saturated carbocycles. The molecule has 140 valence electrons. The average Bonchev–Trinajstić information content (AvgIpc) is 3.05. The van der Waals surface area contributed by atoms with Crippen molar-refractivity contribution in [3.05, 3.63) is 17.0 Å². The Bertz CT molecular complexity index is 738. The summed E-state index contributed by atoms with van der Waals surface area (Å²) in [5.74, 6) is 0.475. The van der Waals surface area contributed by atoms with Crippen LogP contribution in [0.3, 0.4) is 0 Å². The standard InChI is InChI=1S/C16H25N3O5S/c1-10(2)7-19-13-8-18(9-14(13)23-5-6-25(19,21)22)16(20)15-11(3)17-24-12(15)4/h10,13-14H,5-9H2,1-4H3/t13-,14+/m1/s1. The number of carbonyl (C=O) groups is 1. The van der Waals surface area contributed by atoms with E-state index in [2.05, 4.69) is 5.16 Å². The van der Waals surface area contributed by atoms with Crippen molar-refractivity contribution < 1.29 is 22.5 Å². The van der Waals surface area contributed by atoms with Crippen molar-refractivity contribution in [2.75, 3.05) is 32.0 Å². The van der Waals surface area contributed by atoms with Crippen LogP contribution in [0.4, 0.5) is 0 Å². The Kier molecular flexibility index (Phi) is 4.91. The Labute approximate surface area is 148 Å². The van der Waals surface area contributed by atoms with Gasteiger partial charge in [0.15, 0.2) is 0 Å². The molecule has 0 aromatic carbocycles. The van der Waals surface area contributed by atoms with Gasteiger partial charge in [-0.1, -0.05) is 19.0 Å². The zero-order chi connectivity index (χ0) is 18.4. The van der Waals surface area contributed by atoms with Gasteiger partial charge in [-0.3, -0.25) is 4.79 Å². The maximum absolute atomic E-state index is 12.9. The molecule has 0 radical (unpaired) electrons. The Hall–Kier alpha value is -1.45. The maximum atomic E-state index is 12.9. The highest BCUT2D eigenvalue weighted by Crippen LogP contribution is 2.28. The molecule has 8 nitrogen and oxygen atoms in total. The summed E-state index contributed by atoms with van der Waals surface area (Å²) in [6.07, 6.45) is -0.305. The molecule has 0 aliphatic carbocycles. The van der Waals surface area contributed by atoms with Crippen LogP contribution in [0, 0.1) is 19.8 Å². The fourth-order valence-corrected chi connectivity index (χ4v) is 5.23. The van der Waals surface area contributed by atoms with E-state index in [-0.39, 0.29) is 36.3 Å². The highest BCUT2D eigenvalue weighted by atomic mass is 32.2. The first-order chi connectivity index (χ1) is 11.7. The SMILES string of the molecule is Cc1noc(C)c1C(=O)N1C[C@@H]2OCCS(=O)(=O)N(CC(C)C)[C@@H]2C1. The molecule has 0 N–H and O–H groups in total. The molecule has 2 atom stereocenters. The van der Waals surface area contributed by atoms with E-state index in [1.807, 2.05) is 13.8 Å². The van der Waals surface area contributed by atoms with E-state index in [1.54, 1.807) is 18.7 Å². The smallest absolute Gasteiger partial charge is 0.259 e. The Morgan fingerprint density at radius 3 is 2.64 bits per heavy atom. The maximum Gasteiger partial charge on any atom is 0.259 e. The number of nitrogens with zero attached hydrogens (tertiary/aromatic N) is 3. The predicted octanol–water partition coefficient (Wildman–Crippen LogP) is 0.802. The lowest BCUT2D eigenvalue weighted by Gasteiger charge is -2.29. The molecule has 25 heavy (non-hydrogen) atoms. The zero-order valence-electron chi connectivity index (χ0n) is 15.1. The minimum atomic E-state index is -3.39. The molecule has 9 heteroatoms.